The number of carboxylic acid groups (broad SMARTS) is 1. The molecule has 20 heavy (non-hydrogen) atoms. The van der Waals surface area contributed by atoms with Gasteiger partial charge in [-0.25, -0.2) is 4.79 Å². The maximum absolute atomic E-state index is 11.9. The summed E-state index contributed by atoms with van der Waals surface area (Å²) in [4.78, 5) is 34.7. The lowest BCUT2D eigenvalue weighted by atomic mass is 10.3. The molecule has 2 N–H and O–H groups in total. The Kier molecular flexibility index (Phi) is 10.0. The van der Waals surface area contributed by atoms with Gasteiger partial charge in [0.25, 0.3) is 0 Å². The smallest absolute Gasteiger partial charge is 0.317 e. The van der Waals surface area contributed by atoms with Crippen LogP contribution in [0.2, 0.25) is 0 Å². The van der Waals surface area contributed by atoms with Crippen LogP contribution >= 0.6 is 0 Å². The number of hydrogen-bond acceptors (Lipinski definition) is 5. The number of amides is 2. The maximum atomic E-state index is 11.9. The molecule has 0 unspecified atom stereocenters. The van der Waals surface area contributed by atoms with Crippen molar-refractivity contribution in [3.63, 3.8) is 0 Å². The van der Waals surface area contributed by atoms with Crippen molar-refractivity contribution in [3.05, 3.63) is 0 Å². The first kappa shape index (κ1) is 18.2. The van der Waals surface area contributed by atoms with Crippen LogP contribution in [0.5, 0.6) is 0 Å². The van der Waals surface area contributed by atoms with E-state index in [0.29, 0.717) is 19.6 Å². The largest absolute Gasteiger partial charge is 0.481 e. The van der Waals surface area contributed by atoms with E-state index in [2.05, 4.69) is 10.1 Å². The molecule has 2 amide bonds. The predicted octanol–water partition coefficient (Wildman–Crippen LogP) is 0.0723. The van der Waals surface area contributed by atoms with Crippen LogP contribution in [0, 0.1) is 0 Å². The van der Waals surface area contributed by atoms with E-state index < -0.39 is 11.9 Å². The molecule has 0 atom stereocenters. The summed E-state index contributed by atoms with van der Waals surface area (Å²) in [6.07, 6.45) is 0.458. The number of carbonyl (C=O) groups excluding carboxylic acids is 2. The summed E-state index contributed by atoms with van der Waals surface area (Å²) in [6.45, 7) is 1.19. The number of carboxylic acids is 1. The van der Waals surface area contributed by atoms with Gasteiger partial charge in [-0.05, 0) is 6.42 Å². The van der Waals surface area contributed by atoms with Crippen LogP contribution < -0.4 is 5.32 Å². The number of urea groups is 1. The molecule has 8 nitrogen and oxygen atoms in total. The second-order valence-corrected chi connectivity index (χ2v) is 4.04. The zero-order valence-corrected chi connectivity index (χ0v) is 11.9. The average molecular weight is 290 g/mol. The van der Waals surface area contributed by atoms with Crippen molar-refractivity contribution in [3.8, 4) is 0 Å². The number of esters is 1. The van der Waals surface area contributed by atoms with Gasteiger partial charge in [0.05, 0.1) is 20.1 Å². The van der Waals surface area contributed by atoms with Crippen molar-refractivity contribution < 1.29 is 29.0 Å². The number of rotatable bonds is 10. The minimum absolute atomic E-state index is 0.000508. The van der Waals surface area contributed by atoms with Crippen molar-refractivity contribution in [2.45, 2.75) is 19.3 Å². The van der Waals surface area contributed by atoms with Crippen LogP contribution in [0.25, 0.3) is 0 Å². The summed E-state index contributed by atoms with van der Waals surface area (Å²) in [5.41, 5.74) is 0. The Labute approximate surface area is 118 Å². The SMILES string of the molecule is COCCN(CCC(=O)OC)C(=O)NCCCC(=O)O. The third kappa shape index (κ3) is 9.15. The van der Waals surface area contributed by atoms with E-state index in [0.717, 1.165) is 0 Å². The Morgan fingerprint density at radius 3 is 2.40 bits per heavy atom. The molecular formula is C12H22N2O6. The van der Waals surface area contributed by atoms with Gasteiger partial charge in [-0.1, -0.05) is 0 Å². The molecule has 0 aromatic carbocycles. The Balaban J connectivity index is 4.12. The minimum atomic E-state index is -0.902. The van der Waals surface area contributed by atoms with Gasteiger partial charge in [0, 0.05) is 33.2 Å². The van der Waals surface area contributed by atoms with Crippen LogP contribution in [-0.2, 0) is 19.1 Å². The predicted molar refractivity (Wildman–Crippen MR) is 70.4 cm³/mol. The van der Waals surface area contributed by atoms with Crippen molar-refractivity contribution in [1.29, 1.82) is 0 Å². The second-order valence-electron chi connectivity index (χ2n) is 4.04. The lowest BCUT2D eigenvalue weighted by Crippen LogP contribution is -2.43. The fourth-order valence-corrected chi connectivity index (χ4v) is 1.39. The molecule has 0 radical (unpaired) electrons. The van der Waals surface area contributed by atoms with Gasteiger partial charge in [0.2, 0.25) is 0 Å². The highest BCUT2D eigenvalue weighted by Crippen LogP contribution is 1.96. The number of ether oxygens (including phenoxy) is 2. The monoisotopic (exact) mass is 290 g/mol. The van der Waals surface area contributed by atoms with Crippen molar-refractivity contribution in [1.82, 2.24) is 10.2 Å². The van der Waals surface area contributed by atoms with Crippen LogP contribution in [0.15, 0.2) is 0 Å². The topological polar surface area (TPSA) is 105 Å². The third-order valence-corrected chi connectivity index (χ3v) is 2.51. The number of hydrogen-bond donors (Lipinski definition) is 2. The lowest BCUT2D eigenvalue weighted by Gasteiger charge is -2.22. The van der Waals surface area contributed by atoms with Crippen molar-refractivity contribution in [2.75, 3.05) is 40.5 Å². The minimum Gasteiger partial charge on any atom is -0.481 e. The normalized spacial score (nSPS) is 9.90. The van der Waals surface area contributed by atoms with E-state index >= 15 is 0 Å². The first-order chi connectivity index (χ1) is 9.51. The summed E-state index contributed by atoms with van der Waals surface area (Å²) in [5.74, 6) is -1.30. The second kappa shape index (κ2) is 11.0. The number of aliphatic carboxylic acids is 1. The summed E-state index contributed by atoms with van der Waals surface area (Å²) in [5, 5.41) is 11.1. The average Bonchev–Trinajstić information content (AvgIpc) is 2.42. The molecule has 0 aromatic rings. The molecule has 0 aliphatic carbocycles. The molecule has 0 bridgehead atoms. The molecule has 0 aromatic heterocycles. The van der Waals surface area contributed by atoms with E-state index in [-0.39, 0.29) is 32.0 Å². The molecule has 0 aliphatic heterocycles. The van der Waals surface area contributed by atoms with Crippen LogP contribution in [-0.4, -0.2) is 68.4 Å². The van der Waals surface area contributed by atoms with Gasteiger partial charge in [0.1, 0.15) is 0 Å². The van der Waals surface area contributed by atoms with Gasteiger partial charge >= 0.3 is 18.0 Å². The highest BCUT2D eigenvalue weighted by Gasteiger charge is 2.14. The Morgan fingerprint density at radius 1 is 1.15 bits per heavy atom. The van der Waals surface area contributed by atoms with Gasteiger partial charge in [-0.15, -0.1) is 0 Å². The summed E-state index contributed by atoms with van der Waals surface area (Å²) in [6, 6.07) is -0.351. The maximum Gasteiger partial charge on any atom is 0.317 e. The fraction of sp³-hybridized carbons (Fsp3) is 0.750. The van der Waals surface area contributed by atoms with Gasteiger partial charge in [-0.3, -0.25) is 9.59 Å². The van der Waals surface area contributed by atoms with E-state index in [1.807, 2.05) is 0 Å². The van der Waals surface area contributed by atoms with Crippen LogP contribution in [0.1, 0.15) is 19.3 Å². The fourth-order valence-electron chi connectivity index (χ4n) is 1.39. The summed E-state index contributed by atoms with van der Waals surface area (Å²) >= 11 is 0. The van der Waals surface area contributed by atoms with Crippen LogP contribution in [0.3, 0.4) is 0 Å². The van der Waals surface area contributed by atoms with Crippen molar-refractivity contribution in [2.24, 2.45) is 0 Å². The highest BCUT2D eigenvalue weighted by atomic mass is 16.5. The molecule has 0 saturated heterocycles. The zero-order valence-electron chi connectivity index (χ0n) is 11.9. The van der Waals surface area contributed by atoms with Gasteiger partial charge < -0.3 is 24.8 Å². The van der Waals surface area contributed by atoms with Crippen molar-refractivity contribution >= 4 is 18.0 Å². The highest BCUT2D eigenvalue weighted by molar-refractivity contribution is 5.75. The molecule has 116 valence electrons. The van der Waals surface area contributed by atoms with E-state index in [9.17, 15) is 14.4 Å². The van der Waals surface area contributed by atoms with Gasteiger partial charge in [-0.2, -0.15) is 0 Å². The zero-order chi connectivity index (χ0) is 15.4. The number of nitrogens with one attached hydrogen (secondary N) is 1. The summed E-state index contributed by atoms with van der Waals surface area (Å²) in [7, 11) is 2.80. The van der Waals surface area contributed by atoms with Gasteiger partial charge in [0.15, 0.2) is 0 Å². The Bertz CT molecular complexity index is 321. The molecular weight excluding hydrogens is 268 g/mol. The first-order valence-corrected chi connectivity index (χ1v) is 6.31. The summed E-state index contributed by atoms with van der Waals surface area (Å²) < 4.78 is 9.41. The van der Waals surface area contributed by atoms with E-state index in [1.54, 1.807) is 0 Å². The molecule has 8 heteroatoms. The van der Waals surface area contributed by atoms with E-state index in [4.69, 9.17) is 9.84 Å². The van der Waals surface area contributed by atoms with Crippen LogP contribution in [0.4, 0.5) is 4.79 Å². The lowest BCUT2D eigenvalue weighted by molar-refractivity contribution is -0.141. The third-order valence-electron chi connectivity index (χ3n) is 2.51. The molecule has 0 aliphatic rings. The molecule has 0 saturated carbocycles. The standard InChI is InChI=1S/C12H22N2O6/c1-19-9-8-14(7-5-11(17)20-2)12(18)13-6-3-4-10(15)16/h3-9H2,1-2H3,(H,13,18)(H,15,16). The first-order valence-electron chi connectivity index (χ1n) is 6.31. The number of nitrogens with zero attached hydrogens (tertiary/aromatic N) is 1. The molecule has 0 heterocycles. The Hall–Kier alpha value is -1.83. The number of carbonyl (C=O) groups is 3. The quantitative estimate of drug-likeness (QED) is 0.436. The molecule has 0 rings (SSSR count). The van der Waals surface area contributed by atoms with E-state index in [1.165, 1.54) is 19.1 Å². The number of methoxy groups -OCH3 is 2. The molecule has 0 spiro atoms. The molecule has 0 fully saturated rings. The Morgan fingerprint density at radius 2 is 1.85 bits per heavy atom.